The van der Waals surface area contributed by atoms with Gasteiger partial charge in [-0.1, -0.05) is 13.0 Å². The number of rotatable bonds is 2. The van der Waals surface area contributed by atoms with Crippen molar-refractivity contribution >= 4 is 32.8 Å². The number of hydrogen-bond donors (Lipinski definition) is 2. The molecule has 0 unspecified atom stereocenters. The first-order valence-electron chi connectivity index (χ1n) is 4.67. The number of carboxylic acids is 1. The molecule has 0 saturated heterocycles. The minimum atomic E-state index is -0.900. The average Bonchev–Trinajstić information content (AvgIpc) is 2.55. The number of carbonyl (C=O) groups is 1. The lowest BCUT2D eigenvalue weighted by atomic mass is 10.1. The molecule has 1 aromatic heterocycles. The highest BCUT2D eigenvalue weighted by atomic mass is 79.9. The molecule has 0 atom stereocenters. The van der Waals surface area contributed by atoms with Gasteiger partial charge in [-0.05, 0) is 34.5 Å². The normalized spacial score (nSPS) is 10.8. The van der Waals surface area contributed by atoms with Gasteiger partial charge in [-0.25, -0.2) is 4.79 Å². The van der Waals surface area contributed by atoms with Crippen LogP contribution in [0.3, 0.4) is 0 Å². The Balaban J connectivity index is 2.84. The molecule has 0 saturated carbocycles. The molecule has 1 heterocycles. The fraction of sp³-hybridized carbons (Fsp3) is 0.182. The van der Waals surface area contributed by atoms with Crippen molar-refractivity contribution in [3.63, 3.8) is 0 Å². The first-order valence-corrected chi connectivity index (χ1v) is 5.46. The van der Waals surface area contributed by atoms with E-state index in [1.165, 1.54) is 0 Å². The van der Waals surface area contributed by atoms with Crippen LogP contribution in [0.2, 0.25) is 0 Å². The molecule has 0 aliphatic rings. The largest absolute Gasteiger partial charge is 0.478 e. The molecule has 0 spiro atoms. The van der Waals surface area contributed by atoms with Gasteiger partial charge in [0.1, 0.15) is 0 Å². The predicted molar refractivity (Wildman–Crippen MR) is 62.3 cm³/mol. The van der Waals surface area contributed by atoms with Crippen molar-refractivity contribution < 1.29 is 9.90 Å². The van der Waals surface area contributed by atoms with Crippen LogP contribution >= 0.6 is 15.9 Å². The van der Waals surface area contributed by atoms with Crippen molar-refractivity contribution in [2.75, 3.05) is 0 Å². The standard InChI is InChI=1S/C11H10BrNO2/c1-2-7-10(12)9-6(11(14)15)4-3-5-8(9)13-7/h3-5,13H,2H2,1H3,(H,14,15). The van der Waals surface area contributed by atoms with Gasteiger partial charge in [-0.15, -0.1) is 0 Å². The molecule has 15 heavy (non-hydrogen) atoms. The molecule has 0 aliphatic carbocycles. The van der Waals surface area contributed by atoms with E-state index in [2.05, 4.69) is 20.9 Å². The monoisotopic (exact) mass is 267 g/mol. The number of aromatic carboxylic acids is 1. The number of halogens is 1. The van der Waals surface area contributed by atoms with Gasteiger partial charge in [0, 0.05) is 21.1 Å². The van der Waals surface area contributed by atoms with Gasteiger partial charge in [-0.3, -0.25) is 0 Å². The molecule has 2 N–H and O–H groups in total. The number of fused-ring (bicyclic) bond motifs is 1. The maximum Gasteiger partial charge on any atom is 0.336 e. The van der Waals surface area contributed by atoms with E-state index in [9.17, 15) is 4.79 Å². The van der Waals surface area contributed by atoms with Gasteiger partial charge < -0.3 is 10.1 Å². The molecule has 78 valence electrons. The topological polar surface area (TPSA) is 53.1 Å². The zero-order valence-electron chi connectivity index (χ0n) is 8.17. The van der Waals surface area contributed by atoms with Crippen LogP contribution in [0.25, 0.3) is 10.9 Å². The number of aromatic amines is 1. The summed E-state index contributed by atoms with van der Waals surface area (Å²) in [7, 11) is 0. The summed E-state index contributed by atoms with van der Waals surface area (Å²) in [6.07, 6.45) is 0.842. The minimum absolute atomic E-state index is 0.329. The molecule has 4 heteroatoms. The van der Waals surface area contributed by atoms with Crippen LogP contribution < -0.4 is 0 Å². The van der Waals surface area contributed by atoms with Crippen LogP contribution in [-0.4, -0.2) is 16.1 Å². The summed E-state index contributed by atoms with van der Waals surface area (Å²) in [4.78, 5) is 14.2. The molecular weight excluding hydrogens is 258 g/mol. The van der Waals surface area contributed by atoms with Gasteiger partial charge in [-0.2, -0.15) is 0 Å². The van der Waals surface area contributed by atoms with Crippen LogP contribution in [0.15, 0.2) is 22.7 Å². The van der Waals surface area contributed by atoms with Gasteiger partial charge in [0.15, 0.2) is 0 Å². The molecule has 2 aromatic rings. The summed E-state index contributed by atoms with van der Waals surface area (Å²) in [5, 5.41) is 9.81. The molecule has 2 rings (SSSR count). The van der Waals surface area contributed by atoms with Crippen LogP contribution in [0.1, 0.15) is 23.0 Å². The average molecular weight is 268 g/mol. The lowest BCUT2D eigenvalue weighted by Gasteiger charge is -1.97. The highest BCUT2D eigenvalue weighted by Crippen LogP contribution is 2.30. The molecule has 3 nitrogen and oxygen atoms in total. The first-order chi connectivity index (χ1) is 7.15. The number of benzene rings is 1. The van der Waals surface area contributed by atoms with E-state index in [1.807, 2.05) is 13.0 Å². The SMILES string of the molecule is CCc1[nH]c2cccc(C(=O)O)c2c1Br. The first kappa shape index (κ1) is 10.2. The van der Waals surface area contributed by atoms with E-state index < -0.39 is 5.97 Å². The van der Waals surface area contributed by atoms with E-state index in [0.29, 0.717) is 5.56 Å². The summed E-state index contributed by atoms with van der Waals surface area (Å²) in [5.74, 6) is -0.900. The molecule has 0 amide bonds. The van der Waals surface area contributed by atoms with Crippen LogP contribution in [0.4, 0.5) is 0 Å². The maximum absolute atomic E-state index is 11.0. The third kappa shape index (κ3) is 1.55. The summed E-state index contributed by atoms with van der Waals surface area (Å²) in [6, 6.07) is 5.24. The lowest BCUT2D eigenvalue weighted by molar-refractivity contribution is 0.0699. The second-order valence-electron chi connectivity index (χ2n) is 3.30. The predicted octanol–water partition coefficient (Wildman–Crippen LogP) is 3.19. The smallest absolute Gasteiger partial charge is 0.336 e. The Kier molecular flexibility index (Phi) is 2.52. The van der Waals surface area contributed by atoms with Crippen molar-refractivity contribution in [1.29, 1.82) is 0 Å². The summed E-state index contributed by atoms with van der Waals surface area (Å²) < 4.78 is 0.859. The Morgan fingerprint density at radius 1 is 1.53 bits per heavy atom. The van der Waals surface area contributed by atoms with E-state index in [1.54, 1.807) is 12.1 Å². The molecule has 0 aliphatic heterocycles. The Bertz CT molecular complexity index is 531. The number of aryl methyl sites for hydroxylation is 1. The lowest BCUT2D eigenvalue weighted by Crippen LogP contribution is -1.96. The maximum atomic E-state index is 11.0. The van der Waals surface area contributed by atoms with Crippen LogP contribution in [0.5, 0.6) is 0 Å². The Morgan fingerprint density at radius 2 is 2.27 bits per heavy atom. The Morgan fingerprint density at radius 3 is 2.87 bits per heavy atom. The van der Waals surface area contributed by atoms with Crippen LogP contribution in [0, 0.1) is 0 Å². The van der Waals surface area contributed by atoms with Crippen molar-refractivity contribution in [3.05, 3.63) is 33.9 Å². The molecule has 0 fully saturated rings. The quantitative estimate of drug-likeness (QED) is 0.878. The van der Waals surface area contributed by atoms with E-state index >= 15 is 0 Å². The van der Waals surface area contributed by atoms with Crippen LogP contribution in [-0.2, 0) is 6.42 Å². The number of carboxylic acid groups (broad SMARTS) is 1. The minimum Gasteiger partial charge on any atom is -0.478 e. The molecule has 0 radical (unpaired) electrons. The number of H-pyrrole nitrogens is 1. The number of aromatic nitrogens is 1. The van der Waals surface area contributed by atoms with Crippen molar-refractivity contribution in [1.82, 2.24) is 4.98 Å². The van der Waals surface area contributed by atoms with Gasteiger partial charge in [0.05, 0.1) is 5.56 Å². The number of nitrogens with one attached hydrogen (secondary N) is 1. The molecule has 1 aromatic carbocycles. The highest BCUT2D eigenvalue weighted by molar-refractivity contribution is 9.10. The fourth-order valence-corrected chi connectivity index (χ4v) is 2.49. The van der Waals surface area contributed by atoms with E-state index in [-0.39, 0.29) is 0 Å². The van der Waals surface area contributed by atoms with Crippen molar-refractivity contribution in [2.24, 2.45) is 0 Å². The van der Waals surface area contributed by atoms with Gasteiger partial charge in [0.2, 0.25) is 0 Å². The summed E-state index contributed by atoms with van der Waals surface area (Å²) in [6.45, 7) is 2.02. The number of hydrogen-bond acceptors (Lipinski definition) is 1. The van der Waals surface area contributed by atoms with E-state index in [4.69, 9.17) is 5.11 Å². The highest BCUT2D eigenvalue weighted by Gasteiger charge is 2.14. The Labute approximate surface area is 95.2 Å². The third-order valence-corrected chi connectivity index (χ3v) is 3.29. The molecular formula is C11H10BrNO2. The van der Waals surface area contributed by atoms with E-state index in [0.717, 1.165) is 27.5 Å². The van der Waals surface area contributed by atoms with Gasteiger partial charge >= 0.3 is 5.97 Å². The fourth-order valence-electron chi connectivity index (χ4n) is 1.68. The third-order valence-electron chi connectivity index (χ3n) is 2.42. The second-order valence-corrected chi connectivity index (χ2v) is 4.10. The second kappa shape index (κ2) is 3.70. The Hall–Kier alpha value is -1.29. The zero-order valence-corrected chi connectivity index (χ0v) is 9.76. The van der Waals surface area contributed by atoms with Crippen molar-refractivity contribution in [2.45, 2.75) is 13.3 Å². The van der Waals surface area contributed by atoms with Crippen molar-refractivity contribution in [3.8, 4) is 0 Å². The van der Waals surface area contributed by atoms with Gasteiger partial charge in [0.25, 0.3) is 0 Å². The molecule has 0 bridgehead atoms. The summed E-state index contributed by atoms with van der Waals surface area (Å²) >= 11 is 3.44. The summed E-state index contributed by atoms with van der Waals surface area (Å²) in [5.41, 5.74) is 2.22. The zero-order chi connectivity index (χ0) is 11.0.